The maximum atomic E-state index is 13.8. The lowest BCUT2D eigenvalue weighted by Gasteiger charge is -2.46. The van der Waals surface area contributed by atoms with Gasteiger partial charge in [-0.1, -0.05) is 17.7 Å². The number of aryl methyl sites for hydroxylation is 1. The number of nitrogens with zero attached hydrogens (tertiary/aromatic N) is 2. The van der Waals surface area contributed by atoms with Gasteiger partial charge in [0.25, 0.3) is 0 Å². The van der Waals surface area contributed by atoms with Gasteiger partial charge in [-0.05, 0) is 112 Å². The standard InChI is InChI=1S/C35H43ClN2O6S/c1-22-31(39)19-45(41,42)27-9-12-33-30(17-27)37(20-35(21-44-33)15-3-4-23-16-25(36)6-11-29(23)35)18-24-5-10-28(24)32(43-2)13-14-34(40)38(22)26-7-8-26/h6,9,11-12,16-17,22,24,26,28,32H,3-5,7-8,10,13-15,18-21H2,1-2H3/t22?,24-,28+,32-,35-/m0/s1. The minimum absolute atomic E-state index is 0.00181. The van der Waals surface area contributed by atoms with Gasteiger partial charge in [0.2, 0.25) is 5.91 Å². The van der Waals surface area contributed by atoms with Crippen LogP contribution in [0.5, 0.6) is 5.75 Å². The molecule has 2 bridgehead atoms. The Labute approximate surface area is 271 Å². The molecule has 2 fully saturated rings. The van der Waals surface area contributed by atoms with Crippen molar-refractivity contribution in [3.63, 3.8) is 0 Å². The molecule has 2 heterocycles. The van der Waals surface area contributed by atoms with Gasteiger partial charge in [0, 0.05) is 43.1 Å². The first-order chi connectivity index (χ1) is 21.6. The Morgan fingerprint density at radius 3 is 2.58 bits per heavy atom. The van der Waals surface area contributed by atoms with E-state index in [9.17, 15) is 18.0 Å². The van der Waals surface area contributed by atoms with E-state index in [0.717, 1.165) is 62.2 Å². The molecular weight excluding hydrogens is 612 g/mol. The number of methoxy groups -OCH3 is 1. The molecule has 0 aromatic heterocycles. The molecule has 3 aliphatic carbocycles. The summed E-state index contributed by atoms with van der Waals surface area (Å²) in [7, 11) is -2.23. The van der Waals surface area contributed by atoms with Crippen LogP contribution in [0.2, 0.25) is 5.02 Å². The first kappa shape index (κ1) is 31.0. The number of sulfone groups is 1. The van der Waals surface area contributed by atoms with Crippen LogP contribution < -0.4 is 9.64 Å². The zero-order chi connectivity index (χ0) is 31.5. The topological polar surface area (TPSA) is 93.2 Å². The number of hydrogen-bond donors (Lipinski definition) is 0. The van der Waals surface area contributed by atoms with Crippen LogP contribution in [0.3, 0.4) is 0 Å². The second-order valence-corrected chi connectivity index (χ2v) is 16.4. The molecular formula is C35H43ClN2O6S. The van der Waals surface area contributed by atoms with Gasteiger partial charge < -0.3 is 19.3 Å². The molecule has 5 atom stereocenters. The van der Waals surface area contributed by atoms with Crippen LogP contribution in [0.15, 0.2) is 41.3 Å². The largest absolute Gasteiger partial charge is 0.490 e. The third-order valence-corrected chi connectivity index (χ3v) is 13.0. The average Bonchev–Trinajstić information content (AvgIpc) is 3.85. The third-order valence-electron chi connectivity index (χ3n) is 11.2. The lowest BCUT2D eigenvalue weighted by molar-refractivity contribution is -0.140. The van der Waals surface area contributed by atoms with Crippen molar-refractivity contribution in [2.75, 3.05) is 37.5 Å². The summed E-state index contributed by atoms with van der Waals surface area (Å²) in [4.78, 5) is 31.1. The molecule has 2 saturated carbocycles. The quantitative estimate of drug-likeness (QED) is 0.430. The summed E-state index contributed by atoms with van der Waals surface area (Å²) in [6.45, 7) is 3.58. The summed E-state index contributed by atoms with van der Waals surface area (Å²) in [5, 5.41) is 0.731. The summed E-state index contributed by atoms with van der Waals surface area (Å²) in [5.41, 5.74) is 2.99. The number of rotatable bonds is 2. The fourth-order valence-corrected chi connectivity index (χ4v) is 9.96. The van der Waals surface area contributed by atoms with Crippen LogP contribution in [-0.2, 0) is 36.0 Å². The number of carbonyl (C=O) groups excluding carboxylic acids is 2. The van der Waals surface area contributed by atoms with Crippen LogP contribution >= 0.6 is 11.6 Å². The minimum Gasteiger partial charge on any atom is -0.490 e. The highest BCUT2D eigenvalue weighted by atomic mass is 35.5. The Hall–Kier alpha value is -2.62. The Morgan fingerprint density at radius 1 is 1.02 bits per heavy atom. The molecule has 1 unspecified atom stereocenters. The number of carbonyl (C=O) groups is 2. The third kappa shape index (κ3) is 5.78. The van der Waals surface area contributed by atoms with E-state index in [1.807, 2.05) is 6.07 Å². The molecule has 0 N–H and O–H groups in total. The number of Topliss-reactive ketones (excluding diaryl/α,β-unsaturated/α-hetero) is 1. The van der Waals surface area contributed by atoms with Gasteiger partial charge in [0.05, 0.1) is 29.3 Å². The van der Waals surface area contributed by atoms with E-state index >= 15 is 0 Å². The number of benzene rings is 2. The van der Waals surface area contributed by atoms with Gasteiger partial charge in [-0.3, -0.25) is 9.59 Å². The van der Waals surface area contributed by atoms with Crippen molar-refractivity contribution in [3.05, 3.63) is 52.5 Å². The van der Waals surface area contributed by atoms with Crippen LogP contribution in [0.25, 0.3) is 0 Å². The molecule has 0 saturated heterocycles. The Morgan fingerprint density at radius 2 is 1.84 bits per heavy atom. The van der Waals surface area contributed by atoms with Gasteiger partial charge in [-0.2, -0.15) is 0 Å². The normalized spacial score (nSPS) is 31.8. The van der Waals surface area contributed by atoms with Crippen molar-refractivity contribution in [2.24, 2.45) is 11.8 Å². The molecule has 242 valence electrons. The molecule has 2 aliphatic heterocycles. The maximum absolute atomic E-state index is 13.8. The van der Waals surface area contributed by atoms with Gasteiger partial charge in [-0.15, -0.1) is 0 Å². The van der Waals surface area contributed by atoms with Crippen molar-refractivity contribution < 1.29 is 27.5 Å². The lowest BCUT2D eigenvalue weighted by Crippen LogP contribution is -2.50. The van der Waals surface area contributed by atoms with E-state index in [4.69, 9.17) is 21.1 Å². The molecule has 8 nitrogen and oxygen atoms in total. The zero-order valence-electron chi connectivity index (χ0n) is 26.2. The van der Waals surface area contributed by atoms with Crippen LogP contribution in [0.4, 0.5) is 5.69 Å². The summed E-state index contributed by atoms with van der Waals surface area (Å²) < 4.78 is 40.2. The number of anilines is 1. The average molecular weight is 655 g/mol. The van der Waals surface area contributed by atoms with Crippen LogP contribution in [0.1, 0.15) is 69.4 Å². The number of hydrogen-bond acceptors (Lipinski definition) is 7. The Balaban J connectivity index is 1.30. The number of halogens is 1. The van der Waals surface area contributed by atoms with Gasteiger partial charge in [0.1, 0.15) is 11.5 Å². The smallest absolute Gasteiger partial charge is 0.223 e. The van der Waals surface area contributed by atoms with Gasteiger partial charge >= 0.3 is 0 Å². The number of ketones is 1. The van der Waals surface area contributed by atoms with Crippen molar-refractivity contribution in [2.45, 2.75) is 93.2 Å². The fraction of sp³-hybridized carbons (Fsp3) is 0.600. The molecule has 45 heavy (non-hydrogen) atoms. The van der Waals surface area contributed by atoms with Crippen molar-refractivity contribution in [1.29, 1.82) is 0 Å². The van der Waals surface area contributed by atoms with E-state index in [1.165, 1.54) is 11.1 Å². The SMILES string of the molecule is CO[C@H]1CCC(=O)N(C2CC2)C(C)C(=O)CS(=O)(=O)c2ccc3c(c2)N(C[C@@H]2CC[C@H]21)C[C@@]1(CCCc2cc(Cl)ccc21)CO3. The predicted octanol–water partition coefficient (Wildman–Crippen LogP) is 5.37. The highest BCUT2D eigenvalue weighted by molar-refractivity contribution is 7.92. The summed E-state index contributed by atoms with van der Waals surface area (Å²) >= 11 is 6.42. The number of fused-ring (bicyclic) bond motifs is 4. The van der Waals surface area contributed by atoms with Crippen LogP contribution in [0, 0.1) is 11.8 Å². The van der Waals surface area contributed by atoms with Crippen molar-refractivity contribution in [1.82, 2.24) is 4.90 Å². The Bertz CT molecular complexity index is 1610. The number of amides is 1. The van der Waals surface area contributed by atoms with E-state index in [1.54, 1.807) is 37.1 Å². The first-order valence-corrected chi connectivity index (χ1v) is 18.5. The summed E-state index contributed by atoms with van der Waals surface area (Å²) in [6.07, 6.45) is 7.50. The van der Waals surface area contributed by atoms with E-state index in [0.29, 0.717) is 31.2 Å². The van der Waals surface area contributed by atoms with Gasteiger partial charge in [0.15, 0.2) is 15.6 Å². The monoisotopic (exact) mass is 654 g/mol. The first-order valence-electron chi connectivity index (χ1n) is 16.5. The molecule has 1 spiro atoms. The molecule has 1 amide bonds. The van der Waals surface area contributed by atoms with Crippen LogP contribution in [-0.4, -0.2) is 75.8 Å². The Kier molecular flexibility index (Phi) is 8.18. The molecule has 5 aliphatic rings. The highest BCUT2D eigenvalue weighted by Crippen LogP contribution is 2.47. The maximum Gasteiger partial charge on any atom is 0.223 e. The molecule has 2 aromatic carbocycles. The minimum atomic E-state index is -3.97. The molecule has 7 rings (SSSR count). The van der Waals surface area contributed by atoms with Crippen molar-refractivity contribution >= 4 is 38.8 Å². The van der Waals surface area contributed by atoms with Gasteiger partial charge in [-0.25, -0.2) is 8.42 Å². The van der Waals surface area contributed by atoms with E-state index in [-0.39, 0.29) is 40.7 Å². The molecule has 2 aromatic rings. The predicted molar refractivity (Wildman–Crippen MR) is 173 cm³/mol. The number of ether oxygens (including phenoxy) is 2. The second-order valence-electron chi connectivity index (χ2n) is 14.0. The summed E-state index contributed by atoms with van der Waals surface area (Å²) in [5.74, 6) is 0.0941. The van der Waals surface area contributed by atoms with E-state index in [2.05, 4.69) is 17.0 Å². The van der Waals surface area contributed by atoms with E-state index < -0.39 is 27.4 Å². The van der Waals surface area contributed by atoms with Crippen molar-refractivity contribution in [3.8, 4) is 5.75 Å². The zero-order valence-corrected chi connectivity index (χ0v) is 27.7. The second kappa shape index (κ2) is 11.9. The lowest BCUT2D eigenvalue weighted by atomic mass is 9.68. The molecule has 10 heteroatoms. The summed E-state index contributed by atoms with van der Waals surface area (Å²) in [6, 6.07) is 10.4. The fourth-order valence-electron chi connectivity index (χ4n) is 8.42. The molecule has 0 radical (unpaired) electrons. The highest BCUT2D eigenvalue weighted by Gasteiger charge is 2.46.